The number of carboxylic acid groups (broad SMARTS) is 1. The van der Waals surface area contributed by atoms with Gasteiger partial charge in [-0.1, -0.05) is 6.07 Å². The standard InChI is InChI=1S/C12H12N2O2/c1-7-3-2-4-9-13-10(8-5-6-8)11(12(15)16)14(7)9/h2-4,8H,5-6H2,1H3,(H,15,16). The smallest absolute Gasteiger partial charge is 0.354 e. The fraction of sp³-hybridized carbons (Fsp3) is 0.333. The molecule has 1 N–H and O–H groups in total. The minimum absolute atomic E-state index is 0.343. The van der Waals surface area contributed by atoms with Crippen molar-refractivity contribution >= 4 is 11.6 Å². The molecule has 0 aliphatic heterocycles. The Morgan fingerprint density at radius 3 is 2.88 bits per heavy atom. The Bertz CT molecular complexity index is 582. The van der Waals surface area contributed by atoms with Crippen LogP contribution >= 0.6 is 0 Å². The second-order valence-electron chi connectivity index (χ2n) is 4.29. The van der Waals surface area contributed by atoms with Gasteiger partial charge in [0.1, 0.15) is 5.65 Å². The van der Waals surface area contributed by atoms with Crippen LogP contribution in [0.1, 0.15) is 40.6 Å². The molecule has 1 saturated carbocycles. The summed E-state index contributed by atoms with van der Waals surface area (Å²) in [6.45, 7) is 1.90. The molecule has 3 rings (SSSR count). The summed E-state index contributed by atoms with van der Waals surface area (Å²) in [5, 5.41) is 9.29. The maximum atomic E-state index is 11.3. The zero-order valence-corrected chi connectivity index (χ0v) is 8.97. The summed E-state index contributed by atoms with van der Waals surface area (Å²) >= 11 is 0. The van der Waals surface area contributed by atoms with E-state index < -0.39 is 5.97 Å². The molecule has 82 valence electrons. The molecule has 0 amide bonds. The first kappa shape index (κ1) is 9.39. The first-order chi connectivity index (χ1) is 7.68. The SMILES string of the molecule is Cc1cccc2nc(C3CC3)c(C(=O)O)n12. The Balaban J connectivity index is 2.38. The molecule has 4 nitrogen and oxygen atoms in total. The van der Waals surface area contributed by atoms with Gasteiger partial charge in [0, 0.05) is 11.6 Å². The lowest BCUT2D eigenvalue weighted by molar-refractivity contribution is 0.0687. The van der Waals surface area contributed by atoms with E-state index in [-0.39, 0.29) is 0 Å². The van der Waals surface area contributed by atoms with Gasteiger partial charge < -0.3 is 5.11 Å². The predicted octanol–water partition coefficient (Wildman–Crippen LogP) is 2.22. The lowest BCUT2D eigenvalue weighted by Crippen LogP contribution is -2.06. The molecule has 0 unspecified atom stereocenters. The number of pyridine rings is 1. The molecule has 0 spiro atoms. The summed E-state index contributed by atoms with van der Waals surface area (Å²) in [7, 11) is 0. The van der Waals surface area contributed by atoms with Crippen LogP contribution in [0.5, 0.6) is 0 Å². The molecule has 0 saturated heterocycles. The quantitative estimate of drug-likeness (QED) is 0.837. The summed E-state index contributed by atoms with van der Waals surface area (Å²) in [4.78, 5) is 15.8. The van der Waals surface area contributed by atoms with Gasteiger partial charge in [-0.2, -0.15) is 0 Å². The molecule has 0 bridgehead atoms. The summed E-state index contributed by atoms with van der Waals surface area (Å²) in [5.41, 5.74) is 2.74. The average Bonchev–Trinajstić information content (AvgIpc) is 2.99. The highest BCUT2D eigenvalue weighted by molar-refractivity contribution is 5.89. The van der Waals surface area contributed by atoms with Gasteiger partial charge in [0.15, 0.2) is 5.69 Å². The van der Waals surface area contributed by atoms with Crippen molar-refractivity contribution in [1.29, 1.82) is 0 Å². The summed E-state index contributed by atoms with van der Waals surface area (Å²) in [6.07, 6.45) is 2.12. The van der Waals surface area contributed by atoms with Gasteiger partial charge in [-0.05, 0) is 31.9 Å². The molecule has 0 atom stereocenters. The summed E-state index contributed by atoms with van der Waals surface area (Å²) < 4.78 is 1.73. The second kappa shape index (κ2) is 3.07. The lowest BCUT2D eigenvalue weighted by atomic mass is 10.2. The van der Waals surface area contributed by atoms with Gasteiger partial charge >= 0.3 is 5.97 Å². The third kappa shape index (κ3) is 1.23. The molecule has 1 fully saturated rings. The first-order valence-electron chi connectivity index (χ1n) is 5.39. The number of carbonyl (C=O) groups is 1. The molecule has 2 aromatic rings. The predicted molar refractivity (Wildman–Crippen MR) is 58.9 cm³/mol. The molecule has 16 heavy (non-hydrogen) atoms. The van der Waals surface area contributed by atoms with Gasteiger partial charge in [-0.15, -0.1) is 0 Å². The van der Waals surface area contributed by atoms with E-state index in [1.807, 2.05) is 25.1 Å². The molecular weight excluding hydrogens is 204 g/mol. The number of fused-ring (bicyclic) bond motifs is 1. The van der Waals surface area contributed by atoms with E-state index in [1.165, 1.54) is 0 Å². The second-order valence-corrected chi connectivity index (χ2v) is 4.29. The van der Waals surface area contributed by atoms with Crippen LogP contribution < -0.4 is 0 Å². The van der Waals surface area contributed by atoms with Gasteiger partial charge in [0.25, 0.3) is 0 Å². The van der Waals surface area contributed by atoms with E-state index in [2.05, 4.69) is 4.98 Å². The average molecular weight is 216 g/mol. The van der Waals surface area contributed by atoms with E-state index >= 15 is 0 Å². The number of rotatable bonds is 2. The fourth-order valence-corrected chi connectivity index (χ4v) is 2.12. The van der Waals surface area contributed by atoms with Crippen LogP contribution in [-0.2, 0) is 0 Å². The van der Waals surface area contributed by atoms with Gasteiger partial charge in [0.2, 0.25) is 0 Å². The van der Waals surface area contributed by atoms with Crippen LogP contribution in [0.3, 0.4) is 0 Å². The van der Waals surface area contributed by atoms with Crippen molar-refractivity contribution in [3.05, 3.63) is 35.3 Å². The van der Waals surface area contributed by atoms with Crippen molar-refractivity contribution in [2.75, 3.05) is 0 Å². The molecule has 1 aliphatic carbocycles. The largest absolute Gasteiger partial charge is 0.477 e. The Morgan fingerprint density at radius 1 is 1.50 bits per heavy atom. The summed E-state index contributed by atoms with van der Waals surface area (Å²) in [6, 6.07) is 5.66. The van der Waals surface area contributed by atoms with Crippen molar-refractivity contribution in [1.82, 2.24) is 9.38 Å². The number of hydrogen-bond acceptors (Lipinski definition) is 2. The van der Waals surface area contributed by atoms with E-state index in [9.17, 15) is 9.90 Å². The van der Waals surface area contributed by atoms with Crippen molar-refractivity contribution in [3.63, 3.8) is 0 Å². The van der Waals surface area contributed by atoms with Crippen LogP contribution in [0.2, 0.25) is 0 Å². The third-order valence-electron chi connectivity index (χ3n) is 3.03. The molecule has 4 heteroatoms. The Kier molecular flexibility index (Phi) is 1.80. The van der Waals surface area contributed by atoms with E-state index in [1.54, 1.807) is 4.40 Å². The minimum Gasteiger partial charge on any atom is -0.477 e. The van der Waals surface area contributed by atoms with Crippen molar-refractivity contribution in [2.24, 2.45) is 0 Å². The number of hydrogen-bond donors (Lipinski definition) is 1. The molecule has 2 aromatic heterocycles. The summed E-state index contributed by atoms with van der Waals surface area (Å²) in [5.74, 6) is -0.533. The number of aryl methyl sites for hydroxylation is 1. The monoisotopic (exact) mass is 216 g/mol. The molecule has 0 radical (unpaired) electrons. The molecule has 2 heterocycles. The van der Waals surface area contributed by atoms with Gasteiger partial charge in [-0.3, -0.25) is 4.40 Å². The number of aromatic carboxylic acids is 1. The maximum absolute atomic E-state index is 11.3. The van der Waals surface area contributed by atoms with Crippen LogP contribution in [0.15, 0.2) is 18.2 Å². The fourth-order valence-electron chi connectivity index (χ4n) is 2.12. The highest BCUT2D eigenvalue weighted by atomic mass is 16.4. The molecule has 1 aliphatic rings. The molecular formula is C12H12N2O2. The van der Waals surface area contributed by atoms with E-state index in [4.69, 9.17) is 0 Å². The van der Waals surface area contributed by atoms with Crippen molar-refractivity contribution in [3.8, 4) is 0 Å². The zero-order chi connectivity index (χ0) is 11.3. The van der Waals surface area contributed by atoms with Gasteiger partial charge in [-0.25, -0.2) is 9.78 Å². The van der Waals surface area contributed by atoms with E-state index in [0.29, 0.717) is 11.6 Å². The van der Waals surface area contributed by atoms with Crippen LogP contribution in [0.4, 0.5) is 0 Å². The van der Waals surface area contributed by atoms with Crippen LogP contribution in [0, 0.1) is 6.92 Å². The van der Waals surface area contributed by atoms with Gasteiger partial charge in [0.05, 0.1) is 5.69 Å². The Morgan fingerprint density at radius 2 is 2.25 bits per heavy atom. The molecule has 0 aromatic carbocycles. The highest BCUT2D eigenvalue weighted by Crippen LogP contribution is 2.41. The third-order valence-corrected chi connectivity index (χ3v) is 3.03. The zero-order valence-electron chi connectivity index (χ0n) is 8.97. The number of nitrogens with zero attached hydrogens (tertiary/aromatic N) is 2. The maximum Gasteiger partial charge on any atom is 0.354 e. The normalized spacial score (nSPS) is 15.6. The van der Waals surface area contributed by atoms with E-state index in [0.717, 1.165) is 29.9 Å². The lowest BCUT2D eigenvalue weighted by Gasteiger charge is -2.02. The minimum atomic E-state index is -0.885. The van der Waals surface area contributed by atoms with Crippen molar-refractivity contribution in [2.45, 2.75) is 25.7 Å². The van der Waals surface area contributed by atoms with Crippen LogP contribution in [0.25, 0.3) is 5.65 Å². The number of carboxylic acids is 1. The Hall–Kier alpha value is -1.84. The topological polar surface area (TPSA) is 54.6 Å². The Labute approximate surface area is 92.5 Å². The van der Waals surface area contributed by atoms with Crippen LogP contribution in [-0.4, -0.2) is 20.5 Å². The number of aromatic nitrogens is 2. The van der Waals surface area contributed by atoms with Crippen molar-refractivity contribution < 1.29 is 9.90 Å². The first-order valence-corrected chi connectivity index (χ1v) is 5.39. The number of imidazole rings is 1. The highest BCUT2D eigenvalue weighted by Gasteiger charge is 2.32.